The Morgan fingerprint density at radius 3 is 2.65 bits per heavy atom. The van der Waals surface area contributed by atoms with Crippen molar-refractivity contribution in [3.63, 3.8) is 0 Å². The lowest BCUT2D eigenvalue weighted by atomic mass is 9.82. The van der Waals surface area contributed by atoms with Crippen LogP contribution in [-0.2, 0) is 19.6 Å². The number of carbonyl (C=O) groups excluding carboxylic acids is 3. The van der Waals surface area contributed by atoms with Crippen molar-refractivity contribution in [2.24, 2.45) is 0 Å². The molecule has 9 nitrogen and oxygen atoms in total. The van der Waals surface area contributed by atoms with Crippen molar-refractivity contribution >= 4 is 39.2 Å². The Kier molecular flexibility index (Phi) is 5.04. The third-order valence-corrected chi connectivity index (χ3v) is 7.81. The predicted molar refractivity (Wildman–Crippen MR) is 93.5 cm³/mol. The number of carbonyl (C=O) groups is 3. The van der Waals surface area contributed by atoms with Crippen LogP contribution in [0, 0.1) is 0 Å². The van der Waals surface area contributed by atoms with Gasteiger partial charge in [0.25, 0.3) is 21.8 Å². The zero-order valence-corrected chi connectivity index (χ0v) is 15.9. The van der Waals surface area contributed by atoms with Gasteiger partial charge in [0.2, 0.25) is 0 Å². The molecule has 11 heteroatoms. The quantitative estimate of drug-likeness (QED) is 0.704. The molecule has 0 bridgehead atoms. The monoisotopic (exact) mass is 400 g/mol. The molecule has 1 saturated heterocycles. The van der Waals surface area contributed by atoms with Crippen molar-refractivity contribution < 1.29 is 22.8 Å². The maximum absolute atomic E-state index is 12.6. The van der Waals surface area contributed by atoms with Crippen molar-refractivity contribution in [1.82, 2.24) is 20.1 Å². The second kappa shape index (κ2) is 6.97. The van der Waals surface area contributed by atoms with Crippen LogP contribution in [0.4, 0.5) is 4.79 Å². The molecule has 1 spiro atoms. The maximum atomic E-state index is 12.6. The summed E-state index contributed by atoms with van der Waals surface area (Å²) in [6, 6.07) is 2.36. The first-order valence-corrected chi connectivity index (χ1v) is 10.5. The van der Waals surface area contributed by atoms with E-state index >= 15 is 0 Å². The molecule has 26 heavy (non-hydrogen) atoms. The van der Waals surface area contributed by atoms with E-state index in [9.17, 15) is 22.8 Å². The number of amides is 4. The van der Waals surface area contributed by atoms with Gasteiger partial charge in [0.05, 0.1) is 6.54 Å². The van der Waals surface area contributed by atoms with Crippen LogP contribution in [-0.4, -0.2) is 54.7 Å². The lowest BCUT2D eigenvalue weighted by molar-refractivity contribution is -0.139. The molecule has 0 aromatic carbocycles. The SMILES string of the molecule is CN(CC(=O)NN1C(=O)NC2(CCCCC2)C1=O)S(=O)(=O)c1cccs1. The van der Waals surface area contributed by atoms with Gasteiger partial charge >= 0.3 is 6.03 Å². The summed E-state index contributed by atoms with van der Waals surface area (Å²) in [5.41, 5.74) is 1.28. The number of likely N-dealkylation sites (N-methyl/N-ethyl adjacent to an activating group) is 1. The zero-order valence-electron chi connectivity index (χ0n) is 14.2. The fraction of sp³-hybridized carbons (Fsp3) is 0.533. The van der Waals surface area contributed by atoms with Crippen molar-refractivity contribution in [2.45, 2.75) is 41.9 Å². The summed E-state index contributed by atoms with van der Waals surface area (Å²) in [6.45, 7) is -0.510. The number of hydrazine groups is 1. The van der Waals surface area contributed by atoms with Gasteiger partial charge in [-0.25, -0.2) is 13.2 Å². The topological polar surface area (TPSA) is 116 Å². The molecule has 0 atom stereocenters. The van der Waals surface area contributed by atoms with Crippen LogP contribution in [0.15, 0.2) is 21.7 Å². The van der Waals surface area contributed by atoms with Crippen LogP contribution in [0.5, 0.6) is 0 Å². The van der Waals surface area contributed by atoms with Gasteiger partial charge in [0.1, 0.15) is 9.75 Å². The van der Waals surface area contributed by atoms with E-state index in [-0.39, 0.29) is 4.21 Å². The molecule has 2 heterocycles. The molecule has 0 unspecified atom stereocenters. The van der Waals surface area contributed by atoms with Crippen LogP contribution >= 0.6 is 11.3 Å². The highest BCUT2D eigenvalue weighted by Crippen LogP contribution is 2.33. The number of nitrogens with zero attached hydrogens (tertiary/aromatic N) is 2. The number of sulfonamides is 1. The first-order valence-electron chi connectivity index (χ1n) is 8.22. The van der Waals surface area contributed by atoms with E-state index in [4.69, 9.17) is 0 Å². The van der Waals surface area contributed by atoms with E-state index < -0.39 is 40.0 Å². The molecule has 1 aliphatic carbocycles. The Hall–Kier alpha value is -1.98. The molecule has 2 N–H and O–H groups in total. The molecule has 1 aromatic heterocycles. The fourth-order valence-electron chi connectivity index (χ4n) is 3.23. The number of hydrogen-bond donors (Lipinski definition) is 2. The third kappa shape index (κ3) is 3.33. The fourth-order valence-corrected chi connectivity index (χ4v) is 5.56. The molecule has 2 fully saturated rings. The molecule has 2 aliphatic rings. The minimum atomic E-state index is -3.79. The standard InChI is InChI=1S/C15H20N4O5S2/c1-18(26(23,24)12-6-5-9-25-12)10-11(20)17-19-13(21)15(16-14(19)22)7-3-2-4-8-15/h5-6,9H,2-4,7-8,10H2,1H3,(H,16,22)(H,17,20). The van der Waals surface area contributed by atoms with Gasteiger partial charge in [0, 0.05) is 7.05 Å². The van der Waals surface area contributed by atoms with Crippen LogP contribution in [0.1, 0.15) is 32.1 Å². The Morgan fingerprint density at radius 2 is 2.04 bits per heavy atom. The number of urea groups is 1. The van der Waals surface area contributed by atoms with Gasteiger partial charge in [-0.15, -0.1) is 11.3 Å². The molecule has 3 rings (SSSR count). The van der Waals surface area contributed by atoms with E-state index in [1.54, 1.807) is 11.4 Å². The molecular weight excluding hydrogens is 380 g/mol. The molecule has 142 valence electrons. The van der Waals surface area contributed by atoms with Crippen molar-refractivity contribution in [1.29, 1.82) is 0 Å². The summed E-state index contributed by atoms with van der Waals surface area (Å²) < 4.78 is 25.7. The van der Waals surface area contributed by atoms with Gasteiger partial charge < -0.3 is 5.32 Å². The highest BCUT2D eigenvalue weighted by Gasteiger charge is 2.52. The lowest BCUT2D eigenvalue weighted by Gasteiger charge is -2.30. The molecule has 1 aliphatic heterocycles. The van der Waals surface area contributed by atoms with Crippen LogP contribution < -0.4 is 10.7 Å². The Bertz CT molecular complexity index is 815. The number of thiophene rings is 1. The molecule has 0 radical (unpaired) electrons. The van der Waals surface area contributed by atoms with Crippen LogP contribution in [0.3, 0.4) is 0 Å². The maximum Gasteiger partial charge on any atom is 0.344 e. The van der Waals surface area contributed by atoms with Gasteiger partial charge in [-0.2, -0.15) is 9.31 Å². The summed E-state index contributed by atoms with van der Waals surface area (Å²) >= 11 is 1.04. The van der Waals surface area contributed by atoms with E-state index in [0.717, 1.165) is 34.9 Å². The number of hydrogen-bond acceptors (Lipinski definition) is 6. The van der Waals surface area contributed by atoms with Crippen LogP contribution in [0.25, 0.3) is 0 Å². The second-order valence-corrected chi connectivity index (χ2v) is 9.66. The van der Waals surface area contributed by atoms with Gasteiger partial charge in [-0.05, 0) is 24.3 Å². The highest BCUT2D eigenvalue weighted by molar-refractivity contribution is 7.91. The minimum Gasteiger partial charge on any atom is -0.322 e. The molecule has 1 saturated carbocycles. The zero-order chi connectivity index (χ0) is 18.9. The second-order valence-electron chi connectivity index (χ2n) is 6.44. The van der Waals surface area contributed by atoms with Crippen molar-refractivity contribution in [2.75, 3.05) is 13.6 Å². The van der Waals surface area contributed by atoms with Gasteiger partial charge in [-0.1, -0.05) is 25.3 Å². The Labute approximate surface area is 155 Å². The number of rotatable bonds is 5. The van der Waals surface area contributed by atoms with Crippen molar-refractivity contribution in [3.8, 4) is 0 Å². The van der Waals surface area contributed by atoms with Gasteiger partial charge in [0.15, 0.2) is 0 Å². The summed E-state index contributed by atoms with van der Waals surface area (Å²) in [5, 5.41) is 4.96. The Morgan fingerprint density at radius 1 is 1.35 bits per heavy atom. The number of nitrogens with one attached hydrogen (secondary N) is 2. The summed E-state index contributed by atoms with van der Waals surface area (Å²) in [7, 11) is -2.52. The normalized spacial score (nSPS) is 19.8. The largest absolute Gasteiger partial charge is 0.344 e. The Balaban J connectivity index is 1.65. The minimum absolute atomic E-state index is 0.115. The van der Waals surface area contributed by atoms with E-state index in [1.165, 1.54) is 13.1 Å². The third-order valence-electron chi connectivity index (χ3n) is 4.63. The first kappa shape index (κ1) is 18.8. The first-order chi connectivity index (χ1) is 12.3. The average Bonchev–Trinajstić information content (AvgIpc) is 3.20. The van der Waals surface area contributed by atoms with Crippen molar-refractivity contribution in [3.05, 3.63) is 17.5 Å². The lowest BCUT2D eigenvalue weighted by Crippen LogP contribution is -2.52. The van der Waals surface area contributed by atoms with E-state index in [0.29, 0.717) is 17.9 Å². The smallest absolute Gasteiger partial charge is 0.322 e. The average molecular weight is 400 g/mol. The molecular formula is C15H20N4O5S2. The number of imide groups is 1. The van der Waals surface area contributed by atoms with E-state index in [1.807, 2.05) is 0 Å². The summed E-state index contributed by atoms with van der Waals surface area (Å²) in [6.07, 6.45) is 3.74. The summed E-state index contributed by atoms with van der Waals surface area (Å²) in [4.78, 5) is 36.9. The molecule has 4 amide bonds. The molecule has 1 aromatic rings. The highest BCUT2D eigenvalue weighted by atomic mass is 32.2. The van der Waals surface area contributed by atoms with E-state index in [2.05, 4.69) is 10.7 Å². The summed E-state index contributed by atoms with van der Waals surface area (Å²) in [5.74, 6) is -1.25. The van der Waals surface area contributed by atoms with Gasteiger partial charge in [-0.3, -0.25) is 15.0 Å². The predicted octanol–water partition coefficient (Wildman–Crippen LogP) is 0.655. The van der Waals surface area contributed by atoms with Crippen LogP contribution in [0.2, 0.25) is 0 Å².